The monoisotopic (exact) mass is 277 g/mol. The van der Waals surface area contributed by atoms with Crippen LogP contribution in [0.4, 0.5) is 13.2 Å². The quantitative estimate of drug-likeness (QED) is 0.923. The van der Waals surface area contributed by atoms with E-state index in [1.165, 1.54) is 12.1 Å². The van der Waals surface area contributed by atoms with E-state index >= 15 is 0 Å². The Bertz CT molecular complexity index is 455. The fourth-order valence-electron chi connectivity index (χ4n) is 2.26. The van der Waals surface area contributed by atoms with Crippen molar-refractivity contribution in [3.05, 3.63) is 23.7 Å². The van der Waals surface area contributed by atoms with Crippen LogP contribution in [-0.2, 0) is 6.54 Å². The summed E-state index contributed by atoms with van der Waals surface area (Å²) in [6.07, 6.45) is -3.54. The van der Waals surface area contributed by atoms with Gasteiger partial charge in [0.1, 0.15) is 5.76 Å². The van der Waals surface area contributed by atoms with Gasteiger partial charge in [0, 0.05) is 6.54 Å². The molecule has 2 heterocycles. The molecule has 1 aliphatic heterocycles. The van der Waals surface area contributed by atoms with Gasteiger partial charge in [-0.05, 0) is 31.5 Å². The van der Waals surface area contributed by atoms with Crippen molar-refractivity contribution in [3.63, 3.8) is 0 Å². The molecule has 0 aromatic carbocycles. The lowest BCUT2D eigenvalue weighted by Gasteiger charge is -2.33. The minimum Gasteiger partial charge on any atom is -0.475 e. The van der Waals surface area contributed by atoms with Gasteiger partial charge in [-0.2, -0.15) is 13.2 Å². The summed E-state index contributed by atoms with van der Waals surface area (Å²) >= 11 is 0. The van der Waals surface area contributed by atoms with E-state index in [9.17, 15) is 18.0 Å². The first kappa shape index (κ1) is 13.9. The van der Waals surface area contributed by atoms with E-state index in [0.717, 1.165) is 0 Å². The number of furan rings is 1. The number of halogens is 3. The zero-order valence-corrected chi connectivity index (χ0v) is 10.1. The van der Waals surface area contributed by atoms with Crippen molar-refractivity contribution in [3.8, 4) is 0 Å². The average molecular weight is 277 g/mol. The van der Waals surface area contributed by atoms with Crippen molar-refractivity contribution < 1.29 is 27.5 Å². The lowest BCUT2D eigenvalue weighted by Crippen LogP contribution is -2.41. The van der Waals surface area contributed by atoms with Gasteiger partial charge >= 0.3 is 12.1 Å². The Balaban J connectivity index is 1.96. The molecule has 1 aromatic rings. The highest BCUT2D eigenvalue weighted by molar-refractivity contribution is 5.84. The van der Waals surface area contributed by atoms with Crippen LogP contribution in [-0.4, -0.2) is 35.2 Å². The highest BCUT2D eigenvalue weighted by Crippen LogP contribution is 2.33. The molecule has 19 heavy (non-hydrogen) atoms. The first-order chi connectivity index (χ1) is 8.86. The number of likely N-dealkylation sites (tertiary alicyclic amines) is 1. The van der Waals surface area contributed by atoms with Crippen LogP contribution in [0, 0.1) is 5.92 Å². The third-order valence-electron chi connectivity index (χ3n) is 3.22. The largest absolute Gasteiger partial charge is 0.475 e. The predicted octanol–water partition coefficient (Wildman–Crippen LogP) is 2.75. The molecule has 0 aliphatic carbocycles. The van der Waals surface area contributed by atoms with Gasteiger partial charge in [0.25, 0.3) is 0 Å². The second kappa shape index (κ2) is 5.24. The smallest absolute Gasteiger partial charge is 0.393 e. The fourth-order valence-corrected chi connectivity index (χ4v) is 2.26. The van der Waals surface area contributed by atoms with E-state index in [0.29, 0.717) is 18.7 Å². The molecule has 1 fully saturated rings. The van der Waals surface area contributed by atoms with Crippen LogP contribution in [0.2, 0.25) is 0 Å². The van der Waals surface area contributed by atoms with Crippen molar-refractivity contribution in [2.24, 2.45) is 5.92 Å². The Labute approximate surface area is 107 Å². The number of nitrogens with zero attached hydrogens (tertiary/aromatic N) is 1. The number of alkyl halides is 3. The maximum absolute atomic E-state index is 12.6. The molecule has 1 aromatic heterocycles. The number of aromatic carboxylic acids is 1. The standard InChI is InChI=1S/C12H14F3NO3/c13-12(14,15)8-2-1-5-16(6-8)7-9-3-4-10(19-9)11(17)18/h3-4,8H,1-2,5-7H2,(H,17,18). The summed E-state index contributed by atoms with van der Waals surface area (Å²) in [6.45, 7) is 0.710. The molecular formula is C12H14F3NO3. The number of carbonyl (C=O) groups is 1. The van der Waals surface area contributed by atoms with Crippen LogP contribution in [0.1, 0.15) is 29.2 Å². The molecule has 0 radical (unpaired) electrons. The summed E-state index contributed by atoms with van der Waals surface area (Å²) in [6, 6.07) is 2.80. The van der Waals surface area contributed by atoms with E-state index in [1.54, 1.807) is 4.90 Å². The highest BCUT2D eigenvalue weighted by Gasteiger charge is 2.41. The molecule has 1 aliphatic rings. The number of piperidine rings is 1. The molecule has 1 N–H and O–H groups in total. The van der Waals surface area contributed by atoms with Gasteiger partial charge in [-0.25, -0.2) is 4.79 Å². The van der Waals surface area contributed by atoms with Crippen LogP contribution < -0.4 is 0 Å². The third kappa shape index (κ3) is 3.50. The summed E-state index contributed by atoms with van der Waals surface area (Å²) in [7, 11) is 0. The molecule has 2 rings (SSSR count). The summed E-state index contributed by atoms with van der Waals surface area (Å²) < 4.78 is 43.0. The maximum Gasteiger partial charge on any atom is 0.393 e. The zero-order valence-electron chi connectivity index (χ0n) is 10.1. The lowest BCUT2D eigenvalue weighted by molar-refractivity contribution is -0.187. The number of hydrogen-bond acceptors (Lipinski definition) is 3. The lowest BCUT2D eigenvalue weighted by atomic mass is 9.97. The van der Waals surface area contributed by atoms with Crippen LogP contribution in [0.15, 0.2) is 16.5 Å². The van der Waals surface area contributed by atoms with Crippen LogP contribution in [0.3, 0.4) is 0 Å². The Morgan fingerprint density at radius 1 is 1.47 bits per heavy atom. The van der Waals surface area contributed by atoms with Gasteiger partial charge < -0.3 is 9.52 Å². The molecule has 1 saturated heterocycles. The van der Waals surface area contributed by atoms with E-state index in [4.69, 9.17) is 9.52 Å². The number of hydrogen-bond donors (Lipinski definition) is 1. The minimum atomic E-state index is -4.17. The highest BCUT2D eigenvalue weighted by atomic mass is 19.4. The van der Waals surface area contributed by atoms with Crippen LogP contribution in [0.25, 0.3) is 0 Å². The second-order valence-electron chi connectivity index (χ2n) is 4.69. The average Bonchev–Trinajstić information content (AvgIpc) is 2.77. The summed E-state index contributed by atoms with van der Waals surface area (Å²) in [5.74, 6) is -2.31. The Morgan fingerprint density at radius 3 is 2.79 bits per heavy atom. The summed E-state index contributed by atoms with van der Waals surface area (Å²) in [5.41, 5.74) is 0. The molecule has 1 unspecified atom stereocenters. The summed E-state index contributed by atoms with van der Waals surface area (Å²) in [5, 5.41) is 8.70. The number of rotatable bonds is 3. The maximum atomic E-state index is 12.6. The molecule has 7 heteroatoms. The molecule has 0 spiro atoms. The predicted molar refractivity (Wildman–Crippen MR) is 59.7 cm³/mol. The second-order valence-corrected chi connectivity index (χ2v) is 4.69. The Hall–Kier alpha value is -1.50. The molecule has 106 valence electrons. The van der Waals surface area contributed by atoms with Crippen molar-refractivity contribution in [2.75, 3.05) is 13.1 Å². The fraction of sp³-hybridized carbons (Fsp3) is 0.583. The van der Waals surface area contributed by atoms with Gasteiger partial charge in [-0.15, -0.1) is 0 Å². The summed E-state index contributed by atoms with van der Waals surface area (Å²) in [4.78, 5) is 12.3. The van der Waals surface area contributed by atoms with Crippen molar-refractivity contribution in [2.45, 2.75) is 25.6 Å². The number of carboxylic acids is 1. The number of carboxylic acid groups (broad SMARTS) is 1. The van der Waals surface area contributed by atoms with Crippen molar-refractivity contribution in [1.82, 2.24) is 4.90 Å². The molecule has 4 nitrogen and oxygen atoms in total. The third-order valence-corrected chi connectivity index (χ3v) is 3.22. The van der Waals surface area contributed by atoms with Gasteiger partial charge in [0.15, 0.2) is 0 Å². The topological polar surface area (TPSA) is 53.7 Å². The van der Waals surface area contributed by atoms with Crippen LogP contribution in [0.5, 0.6) is 0 Å². The molecule has 1 atom stereocenters. The molecular weight excluding hydrogens is 263 g/mol. The first-order valence-corrected chi connectivity index (χ1v) is 5.97. The van der Waals surface area contributed by atoms with Gasteiger partial charge in [-0.3, -0.25) is 4.90 Å². The van der Waals surface area contributed by atoms with E-state index in [-0.39, 0.29) is 25.3 Å². The van der Waals surface area contributed by atoms with Crippen molar-refractivity contribution in [1.29, 1.82) is 0 Å². The molecule has 0 saturated carbocycles. The van der Waals surface area contributed by atoms with Crippen molar-refractivity contribution >= 4 is 5.97 Å². The van der Waals surface area contributed by atoms with Gasteiger partial charge in [-0.1, -0.05) is 0 Å². The molecule has 0 amide bonds. The van der Waals surface area contributed by atoms with Gasteiger partial charge in [0.05, 0.1) is 12.5 Å². The van der Waals surface area contributed by atoms with E-state index in [1.807, 2.05) is 0 Å². The normalized spacial score (nSPS) is 21.5. The zero-order chi connectivity index (χ0) is 14.0. The first-order valence-electron chi connectivity index (χ1n) is 5.97. The van der Waals surface area contributed by atoms with E-state index < -0.39 is 18.1 Å². The minimum absolute atomic E-state index is 0.0629. The van der Waals surface area contributed by atoms with E-state index in [2.05, 4.69) is 0 Å². The Kier molecular flexibility index (Phi) is 3.84. The SMILES string of the molecule is O=C(O)c1ccc(CN2CCCC(C(F)(F)F)C2)o1. The molecule has 0 bridgehead atoms. The van der Waals surface area contributed by atoms with Crippen LogP contribution >= 0.6 is 0 Å². The Morgan fingerprint density at radius 2 is 2.21 bits per heavy atom. The van der Waals surface area contributed by atoms with Gasteiger partial charge in [0.2, 0.25) is 5.76 Å².